The second-order valence-electron chi connectivity index (χ2n) is 8.22. The third kappa shape index (κ3) is 5.56. The van der Waals surface area contributed by atoms with Gasteiger partial charge in [-0.05, 0) is 66.2 Å². The van der Waals surface area contributed by atoms with E-state index in [4.69, 9.17) is 14.6 Å². The van der Waals surface area contributed by atoms with Crippen LogP contribution in [0.15, 0.2) is 71.7 Å². The summed E-state index contributed by atoms with van der Waals surface area (Å²) in [5.41, 5.74) is 1.71. The van der Waals surface area contributed by atoms with E-state index in [0.717, 1.165) is 17.3 Å². The molecule has 37 heavy (non-hydrogen) atoms. The molecule has 11 heteroatoms. The Morgan fingerprint density at radius 2 is 1.78 bits per heavy atom. The van der Waals surface area contributed by atoms with Crippen molar-refractivity contribution in [3.63, 3.8) is 0 Å². The van der Waals surface area contributed by atoms with Gasteiger partial charge in [-0.15, -0.1) is 0 Å². The number of carboxylic acids is 1. The maximum atomic E-state index is 13.4. The second-order valence-corrected chi connectivity index (χ2v) is 9.39. The van der Waals surface area contributed by atoms with Gasteiger partial charge in [-0.25, -0.2) is 14.2 Å². The number of amides is 2. The van der Waals surface area contributed by atoms with Gasteiger partial charge in [0.25, 0.3) is 0 Å². The summed E-state index contributed by atoms with van der Waals surface area (Å²) in [6, 6.07) is 16.6. The van der Waals surface area contributed by atoms with Gasteiger partial charge in [0, 0.05) is 12.1 Å². The molecule has 0 bridgehead atoms. The molecule has 0 spiro atoms. The minimum atomic E-state index is -1.07. The Morgan fingerprint density at radius 3 is 2.51 bits per heavy atom. The summed E-state index contributed by atoms with van der Waals surface area (Å²) in [6.07, 6.45) is -0.0727. The molecule has 2 heterocycles. The molecule has 3 aromatic rings. The first kappa shape index (κ1) is 24.3. The van der Waals surface area contributed by atoms with Gasteiger partial charge < -0.3 is 19.9 Å². The van der Waals surface area contributed by atoms with Crippen molar-refractivity contribution in [3.8, 4) is 11.5 Å². The van der Waals surface area contributed by atoms with Crippen LogP contribution in [0.5, 0.6) is 11.5 Å². The van der Waals surface area contributed by atoms with E-state index in [-0.39, 0.29) is 31.2 Å². The highest BCUT2D eigenvalue weighted by Gasteiger charge is 2.36. The fraction of sp³-hybridized carbons (Fsp3) is 0.154. The van der Waals surface area contributed by atoms with E-state index in [1.807, 2.05) is 6.07 Å². The average Bonchev–Trinajstić information content (AvgIpc) is 3.35. The summed E-state index contributed by atoms with van der Waals surface area (Å²) in [7, 11) is 0. The van der Waals surface area contributed by atoms with Gasteiger partial charge >= 0.3 is 5.97 Å². The predicted molar refractivity (Wildman–Crippen MR) is 135 cm³/mol. The molecule has 9 nitrogen and oxygen atoms in total. The number of hydrogen-bond donors (Lipinski definition) is 2. The van der Waals surface area contributed by atoms with Crippen molar-refractivity contribution in [3.05, 3.63) is 83.7 Å². The van der Waals surface area contributed by atoms with E-state index in [9.17, 15) is 18.8 Å². The number of halogens is 1. The van der Waals surface area contributed by atoms with Crippen molar-refractivity contribution in [2.75, 3.05) is 12.1 Å². The van der Waals surface area contributed by atoms with E-state index in [1.54, 1.807) is 12.1 Å². The van der Waals surface area contributed by atoms with Gasteiger partial charge in [-0.1, -0.05) is 17.8 Å². The molecule has 2 aliphatic heterocycles. The number of carbonyl (C=O) groups excluding carboxylic acids is 2. The topological polar surface area (TPSA) is 118 Å². The minimum Gasteiger partial charge on any atom is -0.478 e. The van der Waals surface area contributed by atoms with Gasteiger partial charge in [-0.2, -0.15) is 0 Å². The Bertz CT molecular complexity index is 1390. The third-order valence-corrected chi connectivity index (χ3v) is 6.85. The number of benzene rings is 3. The van der Waals surface area contributed by atoms with Crippen LogP contribution in [0, 0.1) is 5.82 Å². The standard InChI is InChI=1S/C26H20FN3O6S/c27-17-4-8-19(9-5-17)29-26-30(13-15-1-10-20-21(11-15)36-14-35-20)23(31)12-22(37-26)24(32)28-18-6-2-16(3-7-18)25(33)34/h1-11,22H,12-14H2,(H,28,32)(H,33,34)/t22-/m1/s1. The molecule has 1 atom stereocenters. The lowest BCUT2D eigenvalue weighted by Crippen LogP contribution is -2.44. The Kier molecular flexibility index (Phi) is 6.78. The fourth-order valence-electron chi connectivity index (χ4n) is 3.76. The van der Waals surface area contributed by atoms with Crippen LogP contribution in [0.4, 0.5) is 15.8 Å². The van der Waals surface area contributed by atoms with Crippen molar-refractivity contribution in [2.24, 2.45) is 4.99 Å². The summed E-state index contributed by atoms with van der Waals surface area (Å²) in [4.78, 5) is 43.3. The highest BCUT2D eigenvalue weighted by atomic mass is 32.2. The minimum absolute atomic E-state index is 0.0727. The van der Waals surface area contributed by atoms with E-state index in [0.29, 0.717) is 28.0 Å². The smallest absolute Gasteiger partial charge is 0.335 e. The Hall–Kier alpha value is -4.38. The van der Waals surface area contributed by atoms with Crippen LogP contribution in [-0.4, -0.2) is 45.0 Å². The van der Waals surface area contributed by atoms with Crippen LogP contribution in [0.25, 0.3) is 0 Å². The molecule has 2 N–H and O–H groups in total. The van der Waals surface area contributed by atoms with Crippen molar-refractivity contribution in [1.82, 2.24) is 4.90 Å². The summed E-state index contributed by atoms with van der Waals surface area (Å²) in [5, 5.41) is 11.3. The molecule has 0 aliphatic carbocycles. The van der Waals surface area contributed by atoms with E-state index in [2.05, 4.69) is 10.3 Å². The van der Waals surface area contributed by atoms with Crippen molar-refractivity contribution >= 4 is 46.1 Å². The molecule has 2 aliphatic rings. The molecule has 3 aromatic carbocycles. The zero-order valence-electron chi connectivity index (χ0n) is 19.2. The number of carbonyl (C=O) groups is 3. The van der Waals surface area contributed by atoms with Crippen molar-refractivity contribution in [2.45, 2.75) is 18.2 Å². The number of nitrogens with zero attached hydrogens (tertiary/aromatic N) is 2. The molecular weight excluding hydrogens is 501 g/mol. The number of nitrogens with one attached hydrogen (secondary N) is 1. The van der Waals surface area contributed by atoms with E-state index >= 15 is 0 Å². The number of fused-ring (bicyclic) bond motifs is 1. The van der Waals surface area contributed by atoms with Crippen molar-refractivity contribution in [1.29, 1.82) is 0 Å². The van der Waals surface area contributed by atoms with Crippen LogP contribution >= 0.6 is 11.8 Å². The molecule has 2 amide bonds. The molecule has 0 unspecified atom stereocenters. The molecule has 5 rings (SSSR count). The first-order chi connectivity index (χ1) is 17.9. The van der Waals surface area contributed by atoms with Crippen LogP contribution in [0.3, 0.4) is 0 Å². The molecule has 0 aromatic heterocycles. The summed E-state index contributed by atoms with van der Waals surface area (Å²) >= 11 is 1.12. The number of anilines is 1. The molecule has 0 radical (unpaired) electrons. The first-order valence-electron chi connectivity index (χ1n) is 11.2. The Morgan fingerprint density at radius 1 is 1.05 bits per heavy atom. The molecular formula is C26H20FN3O6S. The summed E-state index contributed by atoms with van der Waals surface area (Å²) in [6.45, 7) is 0.317. The molecule has 1 saturated heterocycles. The molecule has 188 valence electrons. The van der Waals surface area contributed by atoms with Gasteiger partial charge in [-0.3, -0.25) is 14.5 Å². The van der Waals surface area contributed by atoms with Gasteiger partial charge in [0.05, 0.1) is 17.8 Å². The average molecular weight is 522 g/mol. The molecule has 0 saturated carbocycles. The SMILES string of the molecule is O=C(O)c1ccc(NC(=O)[C@H]2CC(=O)N(Cc3ccc4c(c3)OCO4)C(=Nc3ccc(F)cc3)S2)cc1. The van der Waals surface area contributed by atoms with Gasteiger partial charge in [0.2, 0.25) is 18.6 Å². The lowest BCUT2D eigenvalue weighted by Gasteiger charge is -2.32. The highest BCUT2D eigenvalue weighted by Crippen LogP contribution is 2.35. The second kappa shape index (κ2) is 10.3. The zero-order chi connectivity index (χ0) is 25.9. The van der Waals surface area contributed by atoms with E-state index in [1.165, 1.54) is 53.4 Å². The number of rotatable bonds is 6. The Balaban J connectivity index is 1.38. The fourth-order valence-corrected chi connectivity index (χ4v) is 4.86. The first-order valence-corrected chi connectivity index (χ1v) is 12.1. The number of thioether (sulfide) groups is 1. The van der Waals surface area contributed by atoms with Crippen LogP contribution in [0.2, 0.25) is 0 Å². The summed E-state index contributed by atoms with van der Waals surface area (Å²) in [5.74, 6) is -1.01. The van der Waals surface area contributed by atoms with Crippen molar-refractivity contribution < 1.29 is 33.4 Å². The Labute approximate surface area is 214 Å². The third-order valence-electron chi connectivity index (χ3n) is 5.66. The lowest BCUT2D eigenvalue weighted by molar-refractivity contribution is -0.129. The largest absolute Gasteiger partial charge is 0.478 e. The maximum absolute atomic E-state index is 13.4. The number of hydrogen-bond acceptors (Lipinski definition) is 7. The quantitative estimate of drug-likeness (QED) is 0.493. The number of carboxylic acid groups (broad SMARTS) is 1. The lowest BCUT2D eigenvalue weighted by atomic mass is 10.1. The van der Waals surface area contributed by atoms with Crippen LogP contribution < -0.4 is 14.8 Å². The summed E-state index contributed by atoms with van der Waals surface area (Å²) < 4.78 is 24.2. The zero-order valence-corrected chi connectivity index (χ0v) is 20.0. The van der Waals surface area contributed by atoms with E-state index < -0.39 is 22.9 Å². The number of amidine groups is 1. The molecule has 1 fully saturated rings. The van der Waals surface area contributed by atoms with Crippen LogP contribution in [0.1, 0.15) is 22.3 Å². The van der Waals surface area contributed by atoms with Gasteiger partial charge in [0.15, 0.2) is 16.7 Å². The number of ether oxygens (including phenoxy) is 2. The number of aromatic carboxylic acids is 1. The highest BCUT2D eigenvalue weighted by molar-refractivity contribution is 8.15. The van der Waals surface area contributed by atoms with Gasteiger partial charge in [0.1, 0.15) is 11.1 Å². The normalized spacial score (nSPS) is 17.6. The number of aliphatic imine (C=N–C) groups is 1. The monoisotopic (exact) mass is 521 g/mol. The maximum Gasteiger partial charge on any atom is 0.335 e. The predicted octanol–water partition coefficient (Wildman–Crippen LogP) is 4.41. The van der Waals surface area contributed by atoms with Crippen LogP contribution in [-0.2, 0) is 16.1 Å².